The van der Waals surface area contributed by atoms with E-state index in [2.05, 4.69) is 0 Å². The SMILES string of the molecule is Cc1ccc(OC(C)C(N)=O)cc1N. The molecular weight excluding hydrogens is 180 g/mol. The van der Waals surface area contributed by atoms with Crippen LogP contribution in [0.25, 0.3) is 0 Å². The van der Waals surface area contributed by atoms with E-state index < -0.39 is 12.0 Å². The lowest BCUT2D eigenvalue weighted by molar-refractivity contribution is -0.123. The maximum absolute atomic E-state index is 10.7. The van der Waals surface area contributed by atoms with Crippen molar-refractivity contribution in [2.75, 3.05) is 5.73 Å². The number of nitrogen functional groups attached to an aromatic ring is 1. The van der Waals surface area contributed by atoms with Gasteiger partial charge in [0, 0.05) is 11.8 Å². The Labute approximate surface area is 82.8 Å². The number of carbonyl (C=O) groups is 1. The number of amides is 1. The minimum atomic E-state index is -0.642. The average molecular weight is 194 g/mol. The maximum Gasteiger partial charge on any atom is 0.258 e. The summed E-state index contributed by atoms with van der Waals surface area (Å²) >= 11 is 0. The predicted molar refractivity (Wildman–Crippen MR) is 54.9 cm³/mol. The van der Waals surface area contributed by atoms with Crippen molar-refractivity contribution in [3.8, 4) is 5.75 Å². The molecule has 1 aromatic carbocycles. The first-order valence-corrected chi connectivity index (χ1v) is 4.33. The summed E-state index contributed by atoms with van der Waals surface area (Å²) in [5.74, 6) is 0.0588. The summed E-state index contributed by atoms with van der Waals surface area (Å²) in [6, 6.07) is 5.26. The van der Waals surface area contributed by atoms with Gasteiger partial charge in [-0.25, -0.2) is 0 Å². The van der Waals surface area contributed by atoms with Crippen molar-refractivity contribution in [2.45, 2.75) is 20.0 Å². The van der Waals surface area contributed by atoms with E-state index >= 15 is 0 Å². The van der Waals surface area contributed by atoms with Crippen LogP contribution in [0.15, 0.2) is 18.2 Å². The van der Waals surface area contributed by atoms with E-state index in [9.17, 15) is 4.79 Å². The Bertz CT molecular complexity index is 350. The van der Waals surface area contributed by atoms with E-state index in [-0.39, 0.29) is 0 Å². The molecule has 0 aliphatic rings. The number of nitrogens with two attached hydrogens (primary N) is 2. The Balaban J connectivity index is 2.78. The lowest BCUT2D eigenvalue weighted by Crippen LogP contribution is -2.30. The van der Waals surface area contributed by atoms with Crippen LogP contribution in [0.1, 0.15) is 12.5 Å². The molecule has 0 spiro atoms. The zero-order chi connectivity index (χ0) is 10.7. The first-order chi connectivity index (χ1) is 6.50. The number of primary amides is 1. The van der Waals surface area contributed by atoms with Crippen molar-refractivity contribution in [3.63, 3.8) is 0 Å². The number of rotatable bonds is 3. The van der Waals surface area contributed by atoms with Gasteiger partial charge in [-0.15, -0.1) is 0 Å². The first-order valence-electron chi connectivity index (χ1n) is 4.33. The van der Waals surface area contributed by atoms with Crippen molar-refractivity contribution in [2.24, 2.45) is 5.73 Å². The fourth-order valence-corrected chi connectivity index (χ4v) is 0.954. The van der Waals surface area contributed by atoms with Gasteiger partial charge in [0.15, 0.2) is 6.10 Å². The molecule has 1 rings (SSSR count). The van der Waals surface area contributed by atoms with Gasteiger partial charge in [-0.2, -0.15) is 0 Å². The minimum absolute atomic E-state index is 0.496. The van der Waals surface area contributed by atoms with Crippen LogP contribution in [0.3, 0.4) is 0 Å². The van der Waals surface area contributed by atoms with Crippen LogP contribution >= 0.6 is 0 Å². The number of benzene rings is 1. The molecule has 1 unspecified atom stereocenters. The van der Waals surface area contributed by atoms with Crippen LogP contribution in [0.5, 0.6) is 5.75 Å². The summed E-state index contributed by atoms with van der Waals surface area (Å²) in [6.07, 6.45) is -0.642. The van der Waals surface area contributed by atoms with Crippen molar-refractivity contribution in [3.05, 3.63) is 23.8 Å². The second-order valence-electron chi connectivity index (χ2n) is 3.18. The topological polar surface area (TPSA) is 78.3 Å². The van der Waals surface area contributed by atoms with Gasteiger partial charge in [-0.05, 0) is 25.5 Å². The van der Waals surface area contributed by atoms with Crippen molar-refractivity contribution in [1.82, 2.24) is 0 Å². The van der Waals surface area contributed by atoms with Crippen LogP contribution < -0.4 is 16.2 Å². The van der Waals surface area contributed by atoms with Crippen LogP contribution in [-0.2, 0) is 4.79 Å². The lowest BCUT2D eigenvalue weighted by atomic mass is 10.2. The molecule has 0 radical (unpaired) electrons. The third-order valence-corrected chi connectivity index (χ3v) is 1.96. The highest BCUT2D eigenvalue weighted by molar-refractivity contribution is 5.78. The molecule has 76 valence electrons. The van der Waals surface area contributed by atoms with Gasteiger partial charge >= 0.3 is 0 Å². The van der Waals surface area contributed by atoms with Crippen LogP contribution in [0.4, 0.5) is 5.69 Å². The Kier molecular flexibility index (Phi) is 2.96. The second kappa shape index (κ2) is 4.00. The molecule has 0 saturated heterocycles. The smallest absolute Gasteiger partial charge is 0.258 e. The van der Waals surface area contributed by atoms with E-state index in [1.807, 2.05) is 13.0 Å². The van der Waals surface area contributed by atoms with Gasteiger partial charge in [0.2, 0.25) is 0 Å². The quantitative estimate of drug-likeness (QED) is 0.699. The van der Waals surface area contributed by atoms with Gasteiger partial charge in [0.1, 0.15) is 5.75 Å². The first kappa shape index (κ1) is 10.4. The Morgan fingerprint density at radius 3 is 2.64 bits per heavy atom. The fourth-order valence-electron chi connectivity index (χ4n) is 0.954. The Morgan fingerprint density at radius 1 is 1.50 bits per heavy atom. The molecule has 0 heterocycles. The summed E-state index contributed by atoms with van der Waals surface area (Å²) in [5, 5.41) is 0. The number of hydrogen-bond acceptors (Lipinski definition) is 3. The molecule has 4 N–H and O–H groups in total. The summed E-state index contributed by atoms with van der Waals surface area (Å²) in [4.78, 5) is 10.7. The molecule has 0 aromatic heterocycles. The maximum atomic E-state index is 10.7. The van der Waals surface area contributed by atoms with Gasteiger partial charge in [0.25, 0.3) is 5.91 Å². The monoisotopic (exact) mass is 194 g/mol. The second-order valence-corrected chi connectivity index (χ2v) is 3.18. The molecule has 4 nitrogen and oxygen atoms in total. The number of anilines is 1. The predicted octanol–water partition coefficient (Wildman–Crippen LogP) is 0.830. The summed E-state index contributed by atoms with van der Waals surface area (Å²) in [5.41, 5.74) is 12.3. The third kappa shape index (κ3) is 2.39. The summed E-state index contributed by atoms with van der Waals surface area (Å²) < 4.78 is 5.26. The molecule has 14 heavy (non-hydrogen) atoms. The Hall–Kier alpha value is -1.71. The third-order valence-electron chi connectivity index (χ3n) is 1.96. The van der Waals surface area contributed by atoms with Gasteiger partial charge in [-0.1, -0.05) is 6.07 Å². The lowest BCUT2D eigenvalue weighted by Gasteiger charge is -2.12. The highest BCUT2D eigenvalue weighted by Crippen LogP contribution is 2.19. The van der Waals surface area contributed by atoms with Crippen LogP contribution in [-0.4, -0.2) is 12.0 Å². The zero-order valence-electron chi connectivity index (χ0n) is 8.28. The van der Waals surface area contributed by atoms with Gasteiger partial charge < -0.3 is 16.2 Å². The molecule has 1 amide bonds. The molecule has 0 bridgehead atoms. The number of ether oxygens (including phenoxy) is 1. The number of carbonyl (C=O) groups excluding carboxylic acids is 1. The van der Waals surface area contributed by atoms with E-state index in [0.717, 1.165) is 5.56 Å². The molecule has 0 fully saturated rings. The fraction of sp³-hybridized carbons (Fsp3) is 0.300. The number of hydrogen-bond donors (Lipinski definition) is 2. The van der Waals surface area contributed by atoms with Crippen LogP contribution in [0, 0.1) is 6.92 Å². The molecule has 0 saturated carbocycles. The standard InChI is InChI=1S/C10H14N2O2/c1-6-3-4-8(5-9(6)11)14-7(2)10(12)13/h3-5,7H,11H2,1-2H3,(H2,12,13). The molecule has 0 aliphatic heterocycles. The van der Waals surface area contributed by atoms with Crippen LogP contribution in [0.2, 0.25) is 0 Å². The molecule has 0 aliphatic carbocycles. The van der Waals surface area contributed by atoms with Gasteiger partial charge in [-0.3, -0.25) is 4.79 Å². The van der Waals surface area contributed by atoms with E-state index in [1.165, 1.54) is 0 Å². The van der Waals surface area contributed by atoms with E-state index in [4.69, 9.17) is 16.2 Å². The highest BCUT2D eigenvalue weighted by Gasteiger charge is 2.10. The average Bonchev–Trinajstić information content (AvgIpc) is 2.11. The summed E-state index contributed by atoms with van der Waals surface area (Å²) in [6.45, 7) is 3.50. The molecular formula is C10H14N2O2. The minimum Gasteiger partial charge on any atom is -0.481 e. The summed E-state index contributed by atoms with van der Waals surface area (Å²) in [7, 11) is 0. The van der Waals surface area contributed by atoms with Gasteiger partial charge in [0.05, 0.1) is 0 Å². The molecule has 4 heteroatoms. The molecule has 1 aromatic rings. The largest absolute Gasteiger partial charge is 0.481 e. The zero-order valence-corrected chi connectivity index (χ0v) is 8.28. The van der Waals surface area contributed by atoms with Crippen molar-refractivity contribution in [1.29, 1.82) is 0 Å². The highest BCUT2D eigenvalue weighted by atomic mass is 16.5. The van der Waals surface area contributed by atoms with Crippen molar-refractivity contribution >= 4 is 11.6 Å². The van der Waals surface area contributed by atoms with E-state index in [1.54, 1.807) is 19.1 Å². The number of aryl methyl sites for hydroxylation is 1. The normalized spacial score (nSPS) is 12.1. The van der Waals surface area contributed by atoms with E-state index in [0.29, 0.717) is 11.4 Å². The molecule has 1 atom stereocenters. The Morgan fingerprint density at radius 2 is 2.14 bits per heavy atom. The van der Waals surface area contributed by atoms with Crippen molar-refractivity contribution < 1.29 is 9.53 Å².